The lowest BCUT2D eigenvalue weighted by molar-refractivity contribution is 0.0738. The molecule has 2 unspecified atom stereocenters. The van der Waals surface area contributed by atoms with Crippen LogP contribution >= 0.6 is 15.9 Å². The van der Waals surface area contributed by atoms with Gasteiger partial charge in [-0.1, -0.05) is 15.9 Å². The zero-order valence-electron chi connectivity index (χ0n) is 9.49. The van der Waals surface area contributed by atoms with E-state index in [0.29, 0.717) is 11.0 Å². The van der Waals surface area contributed by atoms with Gasteiger partial charge in [0.1, 0.15) is 5.82 Å². The fourth-order valence-electron chi connectivity index (χ4n) is 2.07. The molecule has 0 saturated carbocycles. The first-order valence-corrected chi connectivity index (χ1v) is 6.31. The minimum absolute atomic E-state index is 0.0162. The van der Waals surface area contributed by atoms with Crippen molar-refractivity contribution in [3.8, 4) is 0 Å². The molecule has 0 bridgehead atoms. The van der Waals surface area contributed by atoms with Crippen LogP contribution in [0.4, 0.5) is 4.39 Å². The van der Waals surface area contributed by atoms with E-state index < -0.39 is 5.82 Å². The number of likely N-dealkylation sites (tertiary alicyclic amines) is 1. The van der Waals surface area contributed by atoms with Gasteiger partial charge in [-0.2, -0.15) is 0 Å². The normalized spacial score (nSPS) is 24.1. The van der Waals surface area contributed by atoms with Crippen molar-refractivity contribution in [1.29, 1.82) is 0 Å². The summed E-state index contributed by atoms with van der Waals surface area (Å²) in [6.45, 7) is 2.49. The number of nitrogens with zero attached hydrogens (tertiary/aromatic N) is 1. The molecule has 2 rings (SSSR count). The summed E-state index contributed by atoms with van der Waals surface area (Å²) in [7, 11) is 0. The molecule has 0 radical (unpaired) electrons. The molecule has 1 fully saturated rings. The first kappa shape index (κ1) is 12.5. The van der Waals surface area contributed by atoms with Crippen LogP contribution in [0.25, 0.3) is 0 Å². The van der Waals surface area contributed by atoms with E-state index in [9.17, 15) is 9.18 Å². The summed E-state index contributed by atoms with van der Waals surface area (Å²) in [4.78, 5) is 13.8. The van der Waals surface area contributed by atoms with Crippen molar-refractivity contribution >= 4 is 21.8 Å². The lowest BCUT2D eigenvalue weighted by Crippen LogP contribution is -2.40. The van der Waals surface area contributed by atoms with Crippen LogP contribution in [0, 0.1) is 5.82 Å². The summed E-state index contributed by atoms with van der Waals surface area (Å²) in [5.41, 5.74) is 5.96. The number of rotatable bonds is 1. The standard InChI is InChI=1S/C12H14BrFN2O/c1-7-11(15)4-5-16(7)12(17)9-3-2-8(13)6-10(9)14/h2-3,6-7,11H,4-5,15H2,1H3. The van der Waals surface area contributed by atoms with Gasteiger partial charge in [-0.3, -0.25) is 4.79 Å². The van der Waals surface area contributed by atoms with Crippen molar-refractivity contribution in [2.45, 2.75) is 25.4 Å². The van der Waals surface area contributed by atoms with Crippen LogP contribution in [0.5, 0.6) is 0 Å². The van der Waals surface area contributed by atoms with Crippen LogP contribution in [0.2, 0.25) is 0 Å². The second kappa shape index (κ2) is 4.74. The smallest absolute Gasteiger partial charge is 0.257 e. The molecule has 0 aromatic heterocycles. The summed E-state index contributed by atoms with van der Waals surface area (Å²) in [5, 5.41) is 0. The van der Waals surface area contributed by atoms with E-state index in [1.807, 2.05) is 6.92 Å². The predicted octanol–water partition coefficient (Wildman–Crippen LogP) is 2.15. The van der Waals surface area contributed by atoms with E-state index in [2.05, 4.69) is 15.9 Å². The molecular weight excluding hydrogens is 287 g/mol. The van der Waals surface area contributed by atoms with Crippen molar-refractivity contribution < 1.29 is 9.18 Å². The Bertz CT molecular complexity index is 452. The SMILES string of the molecule is CC1C(N)CCN1C(=O)c1ccc(Br)cc1F. The molecule has 2 N–H and O–H groups in total. The van der Waals surface area contributed by atoms with E-state index in [4.69, 9.17) is 5.73 Å². The highest BCUT2D eigenvalue weighted by molar-refractivity contribution is 9.10. The van der Waals surface area contributed by atoms with Gasteiger partial charge >= 0.3 is 0 Å². The third-order valence-corrected chi connectivity index (χ3v) is 3.73. The Hall–Kier alpha value is -0.940. The van der Waals surface area contributed by atoms with Gasteiger partial charge in [0.2, 0.25) is 0 Å². The molecule has 92 valence electrons. The fraction of sp³-hybridized carbons (Fsp3) is 0.417. The summed E-state index contributed by atoms with van der Waals surface area (Å²) in [6.07, 6.45) is 0.769. The number of nitrogens with two attached hydrogens (primary N) is 1. The lowest BCUT2D eigenvalue weighted by Gasteiger charge is -2.23. The highest BCUT2D eigenvalue weighted by Gasteiger charge is 2.32. The van der Waals surface area contributed by atoms with Crippen LogP contribution in [0.3, 0.4) is 0 Å². The number of carbonyl (C=O) groups is 1. The molecule has 1 aromatic carbocycles. The summed E-state index contributed by atoms with van der Waals surface area (Å²) >= 11 is 3.17. The molecule has 3 nitrogen and oxygen atoms in total. The number of carbonyl (C=O) groups excluding carboxylic acids is 1. The zero-order valence-corrected chi connectivity index (χ0v) is 11.1. The van der Waals surface area contributed by atoms with Crippen molar-refractivity contribution in [3.05, 3.63) is 34.1 Å². The highest BCUT2D eigenvalue weighted by atomic mass is 79.9. The minimum Gasteiger partial charge on any atom is -0.334 e. The first-order chi connectivity index (χ1) is 8.00. The van der Waals surface area contributed by atoms with Crippen LogP contribution < -0.4 is 5.73 Å². The maximum absolute atomic E-state index is 13.7. The molecule has 5 heteroatoms. The summed E-state index contributed by atoms with van der Waals surface area (Å²) in [5.74, 6) is -0.785. The summed E-state index contributed by atoms with van der Waals surface area (Å²) in [6, 6.07) is 4.41. The monoisotopic (exact) mass is 300 g/mol. The molecule has 0 spiro atoms. The Morgan fingerprint density at radius 1 is 1.59 bits per heavy atom. The van der Waals surface area contributed by atoms with Crippen molar-refractivity contribution in [2.75, 3.05) is 6.54 Å². The quantitative estimate of drug-likeness (QED) is 0.864. The third-order valence-electron chi connectivity index (χ3n) is 3.24. The van der Waals surface area contributed by atoms with Gasteiger partial charge in [-0.05, 0) is 31.5 Å². The van der Waals surface area contributed by atoms with E-state index in [1.165, 1.54) is 12.1 Å². The van der Waals surface area contributed by atoms with Crippen LogP contribution in [-0.2, 0) is 0 Å². The Labute approximate surface area is 108 Å². The molecule has 2 atom stereocenters. The van der Waals surface area contributed by atoms with Crippen LogP contribution in [-0.4, -0.2) is 29.4 Å². The van der Waals surface area contributed by atoms with Crippen molar-refractivity contribution in [2.24, 2.45) is 5.73 Å². The molecule has 1 amide bonds. The van der Waals surface area contributed by atoms with E-state index >= 15 is 0 Å². The molecule has 1 aromatic rings. The van der Waals surface area contributed by atoms with E-state index in [0.717, 1.165) is 6.42 Å². The Kier molecular flexibility index (Phi) is 3.49. The predicted molar refractivity (Wildman–Crippen MR) is 67.2 cm³/mol. The van der Waals surface area contributed by atoms with Gasteiger partial charge in [-0.25, -0.2) is 4.39 Å². The lowest BCUT2D eigenvalue weighted by atomic mass is 10.1. The molecule has 1 aliphatic heterocycles. The Morgan fingerprint density at radius 2 is 2.29 bits per heavy atom. The van der Waals surface area contributed by atoms with Gasteiger partial charge in [0, 0.05) is 23.1 Å². The molecule has 0 aliphatic carbocycles. The van der Waals surface area contributed by atoms with Gasteiger partial charge in [0.15, 0.2) is 0 Å². The molecule has 1 saturated heterocycles. The minimum atomic E-state index is -0.503. The average Bonchev–Trinajstić information content (AvgIpc) is 2.59. The van der Waals surface area contributed by atoms with Crippen LogP contribution in [0.15, 0.2) is 22.7 Å². The number of hydrogen-bond acceptors (Lipinski definition) is 2. The molecule has 17 heavy (non-hydrogen) atoms. The Balaban J connectivity index is 2.26. The number of halogens is 2. The average molecular weight is 301 g/mol. The van der Waals surface area contributed by atoms with Crippen LogP contribution in [0.1, 0.15) is 23.7 Å². The van der Waals surface area contributed by atoms with Crippen molar-refractivity contribution in [1.82, 2.24) is 4.90 Å². The second-order valence-corrected chi connectivity index (χ2v) is 5.23. The Morgan fingerprint density at radius 3 is 2.82 bits per heavy atom. The third kappa shape index (κ3) is 2.35. The second-order valence-electron chi connectivity index (χ2n) is 4.32. The largest absolute Gasteiger partial charge is 0.334 e. The maximum atomic E-state index is 13.7. The number of amides is 1. The summed E-state index contributed by atoms with van der Waals surface area (Å²) < 4.78 is 14.3. The molecular formula is C12H14BrFN2O. The van der Waals surface area contributed by atoms with Gasteiger partial charge in [-0.15, -0.1) is 0 Å². The topological polar surface area (TPSA) is 46.3 Å². The first-order valence-electron chi connectivity index (χ1n) is 5.52. The van der Waals surface area contributed by atoms with E-state index in [1.54, 1.807) is 11.0 Å². The number of hydrogen-bond donors (Lipinski definition) is 1. The van der Waals surface area contributed by atoms with Gasteiger partial charge in [0.05, 0.1) is 5.56 Å². The molecule has 1 heterocycles. The van der Waals surface area contributed by atoms with Gasteiger partial charge in [0.25, 0.3) is 5.91 Å². The van der Waals surface area contributed by atoms with Gasteiger partial charge < -0.3 is 10.6 Å². The maximum Gasteiger partial charge on any atom is 0.257 e. The zero-order chi connectivity index (χ0) is 12.6. The fourth-order valence-corrected chi connectivity index (χ4v) is 2.40. The highest BCUT2D eigenvalue weighted by Crippen LogP contribution is 2.22. The van der Waals surface area contributed by atoms with E-state index in [-0.39, 0.29) is 23.6 Å². The van der Waals surface area contributed by atoms with Crippen molar-refractivity contribution in [3.63, 3.8) is 0 Å². The molecule has 1 aliphatic rings. The number of benzene rings is 1.